The monoisotopic (exact) mass is 500 g/mol. The molecule has 1 atom stereocenters. The highest BCUT2D eigenvalue weighted by Gasteiger charge is 2.29. The second-order valence-electron chi connectivity index (χ2n) is 8.21. The predicted octanol–water partition coefficient (Wildman–Crippen LogP) is 5.13. The summed E-state index contributed by atoms with van der Waals surface area (Å²) in [6.07, 6.45) is 6.14. The molecule has 0 bridgehead atoms. The largest absolute Gasteiger partial charge is 0.469 e. The zero-order chi connectivity index (χ0) is 24.2. The molecule has 0 fully saturated rings. The van der Waals surface area contributed by atoms with Crippen molar-refractivity contribution in [2.75, 3.05) is 17.7 Å². The van der Waals surface area contributed by atoms with Crippen molar-refractivity contribution in [3.8, 4) is 11.4 Å². The molecule has 1 unspecified atom stereocenters. The highest BCUT2D eigenvalue weighted by molar-refractivity contribution is 7.99. The molecule has 0 aliphatic heterocycles. The first-order valence-corrected chi connectivity index (χ1v) is 13.1. The molecular formula is C24H28N4O4S2. The van der Waals surface area contributed by atoms with Gasteiger partial charge in [-0.15, -0.1) is 28.1 Å². The number of ether oxygens (including phenoxy) is 1. The summed E-state index contributed by atoms with van der Waals surface area (Å²) < 4.78 is 12.6. The van der Waals surface area contributed by atoms with Crippen LogP contribution in [0.3, 0.4) is 0 Å². The lowest BCUT2D eigenvalue weighted by molar-refractivity contribution is -0.113. The van der Waals surface area contributed by atoms with Crippen molar-refractivity contribution in [1.29, 1.82) is 0 Å². The Bertz CT molecular complexity index is 1210. The fourth-order valence-electron chi connectivity index (χ4n) is 4.06. The highest BCUT2D eigenvalue weighted by Crippen LogP contribution is 2.40. The maximum atomic E-state index is 12.9. The lowest BCUT2D eigenvalue weighted by Crippen LogP contribution is -2.18. The molecule has 3 aromatic heterocycles. The van der Waals surface area contributed by atoms with Crippen LogP contribution in [0.1, 0.15) is 46.8 Å². The maximum absolute atomic E-state index is 12.9. The number of carbonyl (C=O) groups excluding carboxylic acids is 2. The third-order valence-corrected chi connectivity index (χ3v) is 7.84. The molecule has 1 N–H and O–H groups in total. The van der Waals surface area contributed by atoms with Gasteiger partial charge in [0.15, 0.2) is 11.0 Å². The van der Waals surface area contributed by atoms with Crippen LogP contribution in [0, 0.1) is 12.8 Å². The Morgan fingerprint density at radius 2 is 2.26 bits per heavy atom. The molecule has 3 aromatic rings. The van der Waals surface area contributed by atoms with Crippen LogP contribution in [0.5, 0.6) is 0 Å². The van der Waals surface area contributed by atoms with Gasteiger partial charge >= 0.3 is 5.97 Å². The average molecular weight is 501 g/mol. The van der Waals surface area contributed by atoms with Gasteiger partial charge in [-0.25, -0.2) is 4.79 Å². The molecule has 10 heteroatoms. The van der Waals surface area contributed by atoms with Crippen LogP contribution < -0.4 is 5.32 Å². The van der Waals surface area contributed by atoms with E-state index in [0.29, 0.717) is 40.6 Å². The number of aryl methyl sites for hydroxylation is 1. The molecular weight excluding hydrogens is 472 g/mol. The van der Waals surface area contributed by atoms with Crippen molar-refractivity contribution in [2.45, 2.75) is 51.7 Å². The second kappa shape index (κ2) is 10.6. The minimum absolute atomic E-state index is 0.126. The van der Waals surface area contributed by atoms with Gasteiger partial charge in [0.2, 0.25) is 5.91 Å². The lowest BCUT2D eigenvalue weighted by Gasteiger charge is -2.18. The lowest BCUT2D eigenvalue weighted by atomic mass is 9.88. The molecule has 34 heavy (non-hydrogen) atoms. The predicted molar refractivity (Wildman–Crippen MR) is 133 cm³/mol. The van der Waals surface area contributed by atoms with Crippen LogP contribution >= 0.6 is 23.1 Å². The number of anilines is 1. The first-order valence-electron chi connectivity index (χ1n) is 11.3. The first-order chi connectivity index (χ1) is 16.4. The standard InChI is InChI=1S/C24H28N4O4S2/c1-5-10-28-21(16-9-11-32-15(16)4)26-27-24(28)33-13-19(29)25-22-20(23(30)31-6-2)17-8-7-14(3)12-18(17)34-22/h5,9,11,14H,1,6-8,10,12-13H2,2-4H3,(H,25,29). The van der Waals surface area contributed by atoms with Crippen LogP contribution in [0.2, 0.25) is 0 Å². The van der Waals surface area contributed by atoms with E-state index in [2.05, 4.69) is 29.0 Å². The van der Waals surface area contributed by atoms with Crippen LogP contribution in [0.4, 0.5) is 5.00 Å². The molecule has 0 radical (unpaired) electrons. The molecule has 1 amide bonds. The van der Waals surface area contributed by atoms with E-state index in [1.54, 1.807) is 19.3 Å². The van der Waals surface area contributed by atoms with Gasteiger partial charge in [0.25, 0.3) is 0 Å². The minimum Gasteiger partial charge on any atom is -0.469 e. The summed E-state index contributed by atoms with van der Waals surface area (Å²) in [7, 11) is 0. The molecule has 0 saturated carbocycles. The quantitative estimate of drug-likeness (QED) is 0.247. The van der Waals surface area contributed by atoms with Crippen LogP contribution in [0.25, 0.3) is 11.4 Å². The Labute approximate surface area is 206 Å². The Balaban J connectivity index is 1.51. The van der Waals surface area contributed by atoms with E-state index in [4.69, 9.17) is 9.15 Å². The van der Waals surface area contributed by atoms with Crippen LogP contribution in [0.15, 0.2) is 34.6 Å². The van der Waals surface area contributed by atoms with Crippen LogP contribution in [-0.4, -0.2) is 39.0 Å². The molecule has 0 spiro atoms. The summed E-state index contributed by atoms with van der Waals surface area (Å²) in [5, 5.41) is 12.7. The number of nitrogens with zero attached hydrogens (tertiary/aromatic N) is 3. The number of carbonyl (C=O) groups is 2. The van der Waals surface area contributed by atoms with E-state index in [1.807, 2.05) is 17.6 Å². The number of hydrogen-bond acceptors (Lipinski definition) is 8. The molecule has 1 aliphatic rings. The molecule has 3 heterocycles. The number of thioether (sulfide) groups is 1. The van der Waals surface area contributed by atoms with E-state index in [0.717, 1.165) is 41.0 Å². The number of hydrogen-bond donors (Lipinski definition) is 1. The van der Waals surface area contributed by atoms with Crippen molar-refractivity contribution in [3.05, 3.63) is 46.7 Å². The SMILES string of the molecule is C=CCn1c(SCC(=O)Nc2sc3c(c2C(=O)OCC)CCC(C)C3)nnc1-c1ccoc1C. The van der Waals surface area contributed by atoms with Gasteiger partial charge in [-0.2, -0.15) is 0 Å². The number of thiophene rings is 1. The summed E-state index contributed by atoms with van der Waals surface area (Å²) in [6.45, 7) is 10.5. The van der Waals surface area contributed by atoms with E-state index in [1.165, 1.54) is 23.1 Å². The normalized spacial score (nSPS) is 15.1. The summed E-state index contributed by atoms with van der Waals surface area (Å²) in [6, 6.07) is 1.84. The smallest absolute Gasteiger partial charge is 0.341 e. The topological polar surface area (TPSA) is 99.2 Å². The van der Waals surface area contributed by atoms with Gasteiger partial charge in [0.05, 0.1) is 29.7 Å². The number of esters is 1. The van der Waals surface area contributed by atoms with Gasteiger partial charge in [-0.05, 0) is 50.7 Å². The summed E-state index contributed by atoms with van der Waals surface area (Å²) in [5.41, 5.74) is 2.39. The van der Waals surface area contributed by atoms with Gasteiger partial charge in [0.1, 0.15) is 10.8 Å². The van der Waals surface area contributed by atoms with Gasteiger partial charge in [0, 0.05) is 11.4 Å². The van der Waals surface area contributed by atoms with Gasteiger partial charge in [-0.1, -0.05) is 24.8 Å². The van der Waals surface area contributed by atoms with E-state index in [-0.39, 0.29) is 17.6 Å². The third kappa shape index (κ3) is 4.97. The zero-order valence-electron chi connectivity index (χ0n) is 19.6. The Morgan fingerprint density at radius 3 is 2.97 bits per heavy atom. The summed E-state index contributed by atoms with van der Waals surface area (Å²) >= 11 is 2.77. The fourth-order valence-corrected chi connectivity index (χ4v) is 6.22. The number of aromatic nitrogens is 3. The van der Waals surface area contributed by atoms with Crippen molar-refractivity contribution in [2.24, 2.45) is 5.92 Å². The van der Waals surface area contributed by atoms with E-state index >= 15 is 0 Å². The summed E-state index contributed by atoms with van der Waals surface area (Å²) in [4.78, 5) is 26.7. The minimum atomic E-state index is -0.372. The number of rotatable bonds is 9. The second-order valence-corrected chi connectivity index (χ2v) is 10.3. The Kier molecular flexibility index (Phi) is 7.57. The Morgan fingerprint density at radius 1 is 1.44 bits per heavy atom. The number of furan rings is 1. The van der Waals surface area contributed by atoms with Crippen molar-refractivity contribution >= 4 is 40.0 Å². The molecule has 8 nitrogen and oxygen atoms in total. The van der Waals surface area contributed by atoms with Gasteiger partial charge in [-0.3, -0.25) is 9.36 Å². The molecule has 0 aromatic carbocycles. The highest BCUT2D eigenvalue weighted by atomic mass is 32.2. The van der Waals surface area contributed by atoms with Crippen molar-refractivity contribution < 1.29 is 18.7 Å². The fraction of sp³-hybridized carbons (Fsp3) is 0.417. The van der Waals surface area contributed by atoms with Crippen molar-refractivity contribution in [1.82, 2.24) is 14.8 Å². The molecule has 4 rings (SSSR count). The van der Waals surface area contributed by atoms with Crippen LogP contribution in [-0.2, 0) is 28.9 Å². The number of amides is 1. The Hall–Kier alpha value is -2.85. The van der Waals surface area contributed by atoms with Crippen molar-refractivity contribution in [3.63, 3.8) is 0 Å². The number of allylic oxidation sites excluding steroid dienone is 1. The summed E-state index contributed by atoms with van der Waals surface area (Å²) in [5.74, 6) is 1.51. The van der Waals surface area contributed by atoms with Gasteiger partial charge < -0.3 is 14.5 Å². The van der Waals surface area contributed by atoms with E-state index < -0.39 is 0 Å². The van der Waals surface area contributed by atoms with E-state index in [9.17, 15) is 9.59 Å². The third-order valence-electron chi connectivity index (χ3n) is 5.70. The molecule has 1 aliphatic carbocycles. The number of fused-ring (bicyclic) bond motifs is 1. The zero-order valence-corrected chi connectivity index (χ0v) is 21.2. The average Bonchev–Trinajstić information content (AvgIpc) is 3.49. The number of nitrogens with one attached hydrogen (secondary N) is 1. The molecule has 180 valence electrons. The molecule has 0 saturated heterocycles. The first kappa shape index (κ1) is 24.3. The maximum Gasteiger partial charge on any atom is 0.341 e.